The van der Waals surface area contributed by atoms with E-state index in [1.54, 1.807) is 16.8 Å². The molecule has 2 aromatic rings. The number of amides is 1. The average molecular weight is 426 g/mol. The standard InChI is InChI=1S/C23H28FN5O2/c1-13-5-6-15(23(13,2)3)9-27-21-17(22(25)30)10-28-29-12-14(7-19(21)29)16-8-20(31-4)26-11-18(16)24/h7,9-13,15,20H,5-6,8H2,1-4H3,(H2,25,30). The fourth-order valence-corrected chi connectivity index (χ4v) is 4.45. The Bertz CT molecular complexity index is 1110. The number of hydrogen-bond acceptors (Lipinski definition) is 5. The molecule has 8 heteroatoms. The molecule has 1 amide bonds. The fraction of sp³-hybridized carbons (Fsp3) is 0.478. The lowest BCUT2D eigenvalue weighted by Crippen LogP contribution is -2.24. The summed E-state index contributed by atoms with van der Waals surface area (Å²) >= 11 is 0. The van der Waals surface area contributed by atoms with Crippen LogP contribution >= 0.6 is 0 Å². The van der Waals surface area contributed by atoms with Gasteiger partial charge in [0, 0.05) is 37.1 Å². The predicted molar refractivity (Wildman–Crippen MR) is 119 cm³/mol. The van der Waals surface area contributed by atoms with Gasteiger partial charge in [-0.2, -0.15) is 5.10 Å². The lowest BCUT2D eigenvalue weighted by atomic mass is 9.77. The molecule has 3 unspecified atom stereocenters. The van der Waals surface area contributed by atoms with Gasteiger partial charge in [0.15, 0.2) is 6.23 Å². The summed E-state index contributed by atoms with van der Waals surface area (Å²) in [7, 11) is 1.54. The molecular formula is C23H28FN5O2. The molecule has 164 valence electrons. The number of primary amides is 1. The number of fused-ring (bicyclic) bond motifs is 1. The van der Waals surface area contributed by atoms with Gasteiger partial charge in [-0.3, -0.25) is 14.8 Å². The van der Waals surface area contributed by atoms with Crippen LogP contribution < -0.4 is 5.73 Å². The lowest BCUT2D eigenvalue weighted by molar-refractivity contribution is 0.100. The van der Waals surface area contributed by atoms with Crippen molar-refractivity contribution in [1.82, 2.24) is 9.61 Å². The molecule has 1 fully saturated rings. The molecule has 1 saturated carbocycles. The van der Waals surface area contributed by atoms with Crippen LogP contribution in [0.5, 0.6) is 0 Å². The third-order valence-corrected chi connectivity index (χ3v) is 7.04. The number of nitrogens with zero attached hydrogens (tertiary/aromatic N) is 4. The van der Waals surface area contributed by atoms with E-state index in [0.29, 0.717) is 40.6 Å². The molecular weight excluding hydrogens is 397 g/mol. The Balaban J connectivity index is 1.79. The highest BCUT2D eigenvalue weighted by Gasteiger charge is 2.39. The summed E-state index contributed by atoms with van der Waals surface area (Å²) in [5, 5.41) is 4.30. The molecule has 2 aromatic heterocycles. The van der Waals surface area contributed by atoms with Crippen molar-refractivity contribution >= 4 is 35.1 Å². The number of allylic oxidation sites excluding steroid dienone is 1. The first-order valence-electron chi connectivity index (χ1n) is 10.5. The average Bonchev–Trinajstić information content (AvgIpc) is 3.27. The molecule has 0 radical (unpaired) electrons. The maximum absolute atomic E-state index is 14.5. The molecule has 2 N–H and O–H groups in total. The van der Waals surface area contributed by atoms with Crippen molar-refractivity contribution in [1.29, 1.82) is 0 Å². The number of ether oxygens (including phenoxy) is 1. The molecule has 0 bridgehead atoms. The summed E-state index contributed by atoms with van der Waals surface area (Å²) in [6.07, 6.45) is 8.32. The summed E-state index contributed by atoms with van der Waals surface area (Å²) < 4.78 is 21.4. The van der Waals surface area contributed by atoms with Crippen LogP contribution in [-0.4, -0.2) is 41.3 Å². The molecule has 1 aliphatic carbocycles. The number of carbonyl (C=O) groups excluding carboxylic acids is 1. The summed E-state index contributed by atoms with van der Waals surface area (Å²) in [6.45, 7) is 6.76. The number of aliphatic imine (C=N–C) groups is 2. The molecule has 4 rings (SSSR count). The van der Waals surface area contributed by atoms with E-state index >= 15 is 0 Å². The Morgan fingerprint density at radius 1 is 1.42 bits per heavy atom. The summed E-state index contributed by atoms with van der Waals surface area (Å²) in [6, 6.07) is 1.79. The van der Waals surface area contributed by atoms with Crippen LogP contribution in [0.2, 0.25) is 0 Å². The highest BCUT2D eigenvalue weighted by molar-refractivity contribution is 6.02. The number of rotatable bonds is 5. The van der Waals surface area contributed by atoms with E-state index in [4.69, 9.17) is 15.5 Å². The first kappa shape index (κ1) is 21.4. The fourth-order valence-electron chi connectivity index (χ4n) is 4.45. The third kappa shape index (κ3) is 3.80. The number of nitrogens with two attached hydrogens (primary N) is 1. The molecule has 1 aliphatic heterocycles. The third-order valence-electron chi connectivity index (χ3n) is 7.04. The zero-order valence-corrected chi connectivity index (χ0v) is 18.3. The number of dihydropyridines is 1. The van der Waals surface area contributed by atoms with Crippen molar-refractivity contribution in [2.75, 3.05) is 7.11 Å². The van der Waals surface area contributed by atoms with Gasteiger partial charge >= 0.3 is 0 Å². The predicted octanol–water partition coefficient (Wildman–Crippen LogP) is 4.34. The van der Waals surface area contributed by atoms with Gasteiger partial charge in [-0.1, -0.05) is 20.8 Å². The van der Waals surface area contributed by atoms with Gasteiger partial charge in [0.05, 0.1) is 23.5 Å². The van der Waals surface area contributed by atoms with Crippen molar-refractivity contribution in [3.63, 3.8) is 0 Å². The summed E-state index contributed by atoms with van der Waals surface area (Å²) in [5.41, 5.74) is 8.15. The highest BCUT2D eigenvalue weighted by atomic mass is 19.1. The Labute approximate surface area is 180 Å². The molecule has 3 atom stereocenters. The Morgan fingerprint density at radius 2 is 2.19 bits per heavy atom. The van der Waals surface area contributed by atoms with Gasteiger partial charge in [-0.25, -0.2) is 8.91 Å². The van der Waals surface area contributed by atoms with E-state index in [2.05, 4.69) is 30.9 Å². The van der Waals surface area contributed by atoms with Gasteiger partial charge in [-0.15, -0.1) is 0 Å². The number of aromatic nitrogens is 2. The van der Waals surface area contributed by atoms with Gasteiger partial charge in [-0.05, 0) is 36.2 Å². The van der Waals surface area contributed by atoms with Gasteiger partial charge in [0.25, 0.3) is 5.91 Å². The number of carbonyl (C=O) groups is 1. The summed E-state index contributed by atoms with van der Waals surface area (Å²) in [5.74, 6) is -0.124. The first-order chi connectivity index (χ1) is 14.7. The minimum atomic E-state index is -0.599. The van der Waals surface area contributed by atoms with Crippen LogP contribution in [0.25, 0.3) is 11.1 Å². The van der Waals surface area contributed by atoms with E-state index < -0.39 is 18.0 Å². The van der Waals surface area contributed by atoms with E-state index in [1.165, 1.54) is 19.5 Å². The monoisotopic (exact) mass is 425 g/mol. The largest absolute Gasteiger partial charge is 0.365 e. The summed E-state index contributed by atoms with van der Waals surface area (Å²) in [4.78, 5) is 20.8. The smallest absolute Gasteiger partial charge is 0.252 e. The molecule has 0 saturated heterocycles. The Kier molecular flexibility index (Phi) is 5.51. The zero-order valence-electron chi connectivity index (χ0n) is 18.3. The maximum atomic E-state index is 14.5. The Morgan fingerprint density at radius 3 is 2.84 bits per heavy atom. The van der Waals surface area contributed by atoms with Crippen molar-refractivity contribution in [2.45, 2.75) is 46.3 Å². The molecule has 2 aliphatic rings. The highest BCUT2D eigenvalue weighted by Crippen LogP contribution is 2.46. The van der Waals surface area contributed by atoms with E-state index in [9.17, 15) is 9.18 Å². The molecule has 0 spiro atoms. The van der Waals surface area contributed by atoms with Crippen LogP contribution in [0.3, 0.4) is 0 Å². The van der Waals surface area contributed by atoms with Crippen molar-refractivity contribution in [3.8, 4) is 0 Å². The number of halogens is 1. The quantitative estimate of drug-likeness (QED) is 0.722. The van der Waals surface area contributed by atoms with E-state index in [-0.39, 0.29) is 11.0 Å². The van der Waals surface area contributed by atoms with Crippen LogP contribution in [0.1, 0.15) is 56.0 Å². The first-order valence-corrected chi connectivity index (χ1v) is 10.5. The zero-order chi connectivity index (χ0) is 22.3. The minimum Gasteiger partial charge on any atom is -0.365 e. The molecule has 0 aromatic carbocycles. The van der Waals surface area contributed by atoms with Gasteiger partial charge < -0.3 is 10.5 Å². The van der Waals surface area contributed by atoms with Crippen LogP contribution in [0.4, 0.5) is 10.1 Å². The Hall–Kier alpha value is -2.87. The topological polar surface area (TPSA) is 94.3 Å². The van der Waals surface area contributed by atoms with Crippen LogP contribution in [-0.2, 0) is 4.74 Å². The van der Waals surface area contributed by atoms with Crippen molar-refractivity contribution in [2.24, 2.45) is 33.0 Å². The lowest BCUT2D eigenvalue weighted by Gasteiger charge is -2.28. The molecule has 7 nitrogen and oxygen atoms in total. The second-order valence-corrected chi connectivity index (χ2v) is 9.01. The maximum Gasteiger partial charge on any atom is 0.252 e. The SMILES string of the molecule is COC1CC(c2cc3c(N=CC4CCC(C)C4(C)C)c(C(N)=O)cnn3c2)=C(F)C=N1. The van der Waals surface area contributed by atoms with E-state index in [0.717, 1.165) is 12.8 Å². The second-order valence-electron chi connectivity index (χ2n) is 9.01. The van der Waals surface area contributed by atoms with Gasteiger partial charge in [0.2, 0.25) is 0 Å². The second kappa shape index (κ2) is 8.00. The van der Waals surface area contributed by atoms with Crippen molar-refractivity contribution < 1.29 is 13.9 Å². The van der Waals surface area contributed by atoms with Crippen molar-refractivity contribution in [3.05, 3.63) is 35.4 Å². The molecule has 31 heavy (non-hydrogen) atoms. The van der Waals surface area contributed by atoms with Gasteiger partial charge in [0.1, 0.15) is 11.5 Å². The number of methoxy groups -OCH3 is 1. The van der Waals surface area contributed by atoms with E-state index in [1.807, 2.05) is 6.21 Å². The normalized spacial score (nSPS) is 25.8. The van der Waals surface area contributed by atoms with Crippen LogP contribution in [0, 0.1) is 17.3 Å². The van der Waals surface area contributed by atoms with Crippen LogP contribution in [0.15, 0.2) is 34.3 Å². The number of hydrogen-bond donors (Lipinski definition) is 1. The minimum absolute atomic E-state index is 0.122. The molecule has 3 heterocycles.